The lowest BCUT2D eigenvalue weighted by atomic mass is 10.3. The van der Waals surface area contributed by atoms with Crippen molar-refractivity contribution in [3.63, 3.8) is 0 Å². The van der Waals surface area contributed by atoms with E-state index in [9.17, 15) is 9.18 Å². The summed E-state index contributed by atoms with van der Waals surface area (Å²) in [7, 11) is 0. The molecule has 0 aliphatic rings. The SMILES string of the molecule is CCCC(=O)O.Fc1cc2ccccc2[nH]1. The van der Waals surface area contributed by atoms with Crippen LogP contribution in [0.25, 0.3) is 10.9 Å². The predicted octanol–water partition coefficient (Wildman–Crippen LogP) is 3.18. The fourth-order valence-corrected chi connectivity index (χ4v) is 1.25. The van der Waals surface area contributed by atoms with E-state index in [1.165, 1.54) is 6.07 Å². The maximum Gasteiger partial charge on any atom is 0.303 e. The van der Waals surface area contributed by atoms with Gasteiger partial charge in [-0.15, -0.1) is 0 Å². The maximum absolute atomic E-state index is 12.5. The molecule has 16 heavy (non-hydrogen) atoms. The van der Waals surface area contributed by atoms with Crippen molar-refractivity contribution >= 4 is 16.9 Å². The minimum absolute atomic E-state index is 0.277. The number of aliphatic carboxylic acids is 1. The van der Waals surface area contributed by atoms with Crippen molar-refractivity contribution in [2.75, 3.05) is 0 Å². The average Bonchev–Trinajstić information content (AvgIpc) is 2.58. The van der Waals surface area contributed by atoms with Crippen LogP contribution in [0.4, 0.5) is 4.39 Å². The van der Waals surface area contributed by atoms with E-state index < -0.39 is 5.97 Å². The maximum atomic E-state index is 12.5. The number of aromatic amines is 1. The van der Waals surface area contributed by atoms with Gasteiger partial charge in [0.25, 0.3) is 0 Å². The third kappa shape index (κ3) is 3.73. The van der Waals surface area contributed by atoms with Crippen LogP contribution in [-0.2, 0) is 4.79 Å². The highest BCUT2D eigenvalue weighted by Gasteiger charge is 1.95. The number of aromatic nitrogens is 1. The summed E-state index contributed by atoms with van der Waals surface area (Å²) in [5.41, 5.74) is 0.847. The molecule has 0 saturated heterocycles. The second kappa shape index (κ2) is 5.90. The number of H-pyrrole nitrogens is 1. The van der Waals surface area contributed by atoms with E-state index in [0.717, 1.165) is 17.3 Å². The van der Waals surface area contributed by atoms with E-state index in [0.29, 0.717) is 6.42 Å². The van der Waals surface area contributed by atoms with Crippen molar-refractivity contribution < 1.29 is 14.3 Å². The fourth-order valence-electron chi connectivity index (χ4n) is 1.25. The summed E-state index contributed by atoms with van der Waals surface area (Å²) in [6.07, 6.45) is 1.02. The lowest BCUT2D eigenvalue weighted by Crippen LogP contribution is -1.90. The first-order chi connectivity index (χ1) is 7.63. The molecule has 1 heterocycles. The molecule has 0 atom stereocenters. The molecule has 0 aliphatic carbocycles. The van der Waals surface area contributed by atoms with Gasteiger partial charge in [-0.25, -0.2) is 0 Å². The normalized spacial score (nSPS) is 9.62. The van der Waals surface area contributed by atoms with Crippen LogP contribution < -0.4 is 0 Å². The molecule has 2 aromatic rings. The molecule has 0 bridgehead atoms. The molecule has 2 N–H and O–H groups in total. The van der Waals surface area contributed by atoms with E-state index in [1.54, 1.807) is 0 Å². The summed E-state index contributed by atoms with van der Waals surface area (Å²) in [4.78, 5) is 12.2. The monoisotopic (exact) mass is 223 g/mol. The van der Waals surface area contributed by atoms with Gasteiger partial charge in [0.1, 0.15) is 0 Å². The van der Waals surface area contributed by atoms with Crippen LogP contribution in [0.5, 0.6) is 0 Å². The molecule has 86 valence electrons. The number of fused-ring (bicyclic) bond motifs is 1. The van der Waals surface area contributed by atoms with Crippen LogP contribution in [0.2, 0.25) is 0 Å². The van der Waals surface area contributed by atoms with E-state index in [1.807, 2.05) is 31.2 Å². The van der Waals surface area contributed by atoms with Crippen LogP contribution in [0, 0.1) is 5.95 Å². The molecule has 0 unspecified atom stereocenters. The summed E-state index contributed by atoms with van der Waals surface area (Å²) in [6, 6.07) is 8.95. The first-order valence-corrected chi connectivity index (χ1v) is 5.08. The molecule has 1 aromatic carbocycles. The van der Waals surface area contributed by atoms with Gasteiger partial charge in [0, 0.05) is 23.4 Å². The number of carbonyl (C=O) groups is 1. The Bertz CT molecular complexity index is 432. The molecule has 0 radical (unpaired) electrons. The van der Waals surface area contributed by atoms with Gasteiger partial charge in [0.15, 0.2) is 5.95 Å². The summed E-state index contributed by atoms with van der Waals surface area (Å²) >= 11 is 0. The minimum Gasteiger partial charge on any atom is -0.481 e. The Morgan fingerprint density at radius 3 is 2.62 bits per heavy atom. The fraction of sp³-hybridized carbons (Fsp3) is 0.250. The molecular formula is C12H14FNO2. The van der Waals surface area contributed by atoms with Gasteiger partial charge >= 0.3 is 5.97 Å². The highest BCUT2D eigenvalue weighted by molar-refractivity contribution is 5.79. The standard InChI is InChI=1S/C8H6FN.C4H8O2/c9-8-5-6-3-1-2-4-7(6)10-8;1-2-3-4(5)6/h1-5,10H;2-3H2,1H3,(H,5,6). The van der Waals surface area contributed by atoms with Crippen LogP contribution in [-0.4, -0.2) is 16.1 Å². The Hall–Kier alpha value is -1.84. The number of nitrogens with one attached hydrogen (secondary N) is 1. The van der Waals surface area contributed by atoms with Crippen molar-refractivity contribution in [2.45, 2.75) is 19.8 Å². The van der Waals surface area contributed by atoms with Gasteiger partial charge in [0.2, 0.25) is 0 Å². The molecular weight excluding hydrogens is 209 g/mol. The molecule has 2 rings (SSSR count). The zero-order valence-corrected chi connectivity index (χ0v) is 9.03. The molecule has 0 saturated carbocycles. The second-order valence-electron chi connectivity index (χ2n) is 3.35. The third-order valence-electron chi connectivity index (χ3n) is 1.96. The number of rotatable bonds is 2. The molecule has 3 nitrogen and oxygen atoms in total. The van der Waals surface area contributed by atoms with Crippen LogP contribution in [0.1, 0.15) is 19.8 Å². The quantitative estimate of drug-likeness (QED) is 0.821. The molecule has 0 fully saturated rings. The van der Waals surface area contributed by atoms with Gasteiger partial charge in [-0.2, -0.15) is 4.39 Å². The van der Waals surface area contributed by atoms with Crippen LogP contribution >= 0.6 is 0 Å². The Balaban J connectivity index is 0.000000187. The van der Waals surface area contributed by atoms with E-state index in [4.69, 9.17) is 5.11 Å². The highest BCUT2D eigenvalue weighted by Crippen LogP contribution is 2.12. The average molecular weight is 223 g/mol. The third-order valence-corrected chi connectivity index (χ3v) is 1.96. The number of para-hydroxylation sites is 1. The van der Waals surface area contributed by atoms with E-state index in [-0.39, 0.29) is 5.95 Å². The van der Waals surface area contributed by atoms with Crippen molar-refractivity contribution in [2.24, 2.45) is 0 Å². The summed E-state index contributed by atoms with van der Waals surface area (Å²) < 4.78 is 12.5. The molecule has 0 amide bonds. The molecule has 0 aliphatic heterocycles. The topological polar surface area (TPSA) is 53.1 Å². The summed E-state index contributed by atoms with van der Waals surface area (Å²) in [5, 5.41) is 8.83. The number of carboxylic acids is 1. The van der Waals surface area contributed by atoms with Gasteiger partial charge in [-0.3, -0.25) is 4.79 Å². The minimum atomic E-state index is -0.711. The lowest BCUT2D eigenvalue weighted by Gasteiger charge is -1.82. The van der Waals surface area contributed by atoms with E-state index >= 15 is 0 Å². The predicted molar refractivity (Wildman–Crippen MR) is 60.8 cm³/mol. The first-order valence-electron chi connectivity index (χ1n) is 5.08. The van der Waals surface area contributed by atoms with E-state index in [2.05, 4.69) is 4.98 Å². The summed E-state index contributed by atoms with van der Waals surface area (Å²) in [5.74, 6) is -0.987. The Kier molecular flexibility index (Phi) is 4.51. The van der Waals surface area contributed by atoms with Gasteiger partial charge < -0.3 is 10.1 Å². The lowest BCUT2D eigenvalue weighted by molar-refractivity contribution is -0.137. The molecule has 4 heteroatoms. The number of hydrogen-bond acceptors (Lipinski definition) is 1. The zero-order valence-electron chi connectivity index (χ0n) is 9.03. The molecule has 1 aromatic heterocycles. The van der Waals surface area contributed by atoms with Crippen LogP contribution in [0.15, 0.2) is 30.3 Å². The number of hydrogen-bond donors (Lipinski definition) is 2. The van der Waals surface area contributed by atoms with Gasteiger partial charge in [-0.1, -0.05) is 25.1 Å². The smallest absolute Gasteiger partial charge is 0.303 e. The summed E-state index contributed by atoms with van der Waals surface area (Å²) in [6.45, 7) is 1.84. The highest BCUT2D eigenvalue weighted by atomic mass is 19.1. The van der Waals surface area contributed by atoms with Crippen molar-refractivity contribution in [3.8, 4) is 0 Å². The Morgan fingerprint density at radius 2 is 2.12 bits per heavy atom. The molecule has 0 spiro atoms. The van der Waals surface area contributed by atoms with Crippen molar-refractivity contribution in [1.29, 1.82) is 0 Å². The number of halogens is 1. The number of carboxylic acid groups (broad SMARTS) is 1. The largest absolute Gasteiger partial charge is 0.481 e. The first kappa shape index (κ1) is 12.2. The Labute approximate surface area is 92.9 Å². The van der Waals surface area contributed by atoms with Gasteiger partial charge in [-0.05, 0) is 12.5 Å². The number of benzene rings is 1. The van der Waals surface area contributed by atoms with Crippen molar-refractivity contribution in [3.05, 3.63) is 36.3 Å². The van der Waals surface area contributed by atoms with Crippen molar-refractivity contribution in [1.82, 2.24) is 4.98 Å². The Morgan fingerprint density at radius 1 is 1.44 bits per heavy atom. The zero-order chi connectivity index (χ0) is 12.0. The second-order valence-corrected chi connectivity index (χ2v) is 3.35. The van der Waals surface area contributed by atoms with Crippen LogP contribution in [0.3, 0.4) is 0 Å². The van der Waals surface area contributed by atoms with Gasteiger partial charge in [0.05, 0.1) is 0 Å².